The van der Waals surface area contributed by atoms with E-state index >= 15 is 0 Å². The molecule has 0 aromatic rings. The Hall–Kier alpha value is 0.0169. The molecule has 5 nitrogen and oxygen atoms in total. The van der Waals surface area contributed by atoms with Crippen LogP contribution in [-0.2, 0) is 13.3 Å². The molecule has 0 rings (SSSR count). The fourth-order valence-electron chi connectivity index (χ4n) is 0.783. The van der Waals surface area contributed by atoms with Crippen molar-refractivity contribution in [2.24, 2.45) is 5.73 Å². The van der Waals surface area contributed by atoms with Crippen molar-refractivity contribution in [1.82, 2.24) is 5.32 Å². The highest BCUT2D eigenvalue weighted by Gasteiger charge is 2.15. The fourth-order valence-corrected chi connectivity index (χ4v) is 1.57. The van der Waals surface area contributed by atoms with Crippen molar-refractivity contribution < 1.29 is 13.3 Å². The molecule has 0 spiro atoms. The molecule has 0 aliphatic carbocycles. The smallest absolute Gasteiger partial charge is 0.375 e. The topological polar surface area (TPSA) is 65.7 Å². The normalized spacial score (nSPS) is 13.6. The van der Waals surface area contributed by atoms with Crippen LogP contribution in [0, 0.1) is 0 Å². The third-order valence-electron chi connectivity index (χ3n) is 1.42. The molecule has 0 aliphatic heterocycles. The molecule has 6 heteroatoms. The Kier molecular flexibility index (Phi) is 8.62. The van der Waals surface area contributed by atoms with Crippen LogP contribution < -0.4 is 11.1 Å². The van der Waals surface area contributed by atoms with E-state index in [9.17, 15) is 0 Å². The van der Waals surface area contributed by atoms with E-state index < -0.39 is 9.53 Å². The molecule has 0 aromatic carbocycles. The van der Waals surface area contributed by atoms with Crippen molar-refractivity contribution in [3.05, 3.63) is 0 Å². The van der Waals surface area contributed by atoms with Gasteiger partial charge in [-0.1, -0.05) is 0 Å². The second-order valence-corrected chi connectivity index (χ2v) is 4.22. The molecule has 3 N–H and O–H groups in total. The number of nitrogens with one attached hydrogen (secondary N) is 1. The van der Waals surface area contributed by atoms with Gasteiger partial charge in [0, 0.05) is 33.4 Å². The summed E-state index contributed by atoms with van der Waals surface area (Å²) >= 11 is 0. The minimum atomic E-state index is -1.51. The molecule has 0 aromatic heterocycles. The number of nitrogens with two attached hydrogens (primary N) is 1. The van der Waals surface area contributed by atoms with Crippen molar-refractivity contribution in [3.8, 4) is 0 Å². The van der Waals surface area contributed by atoms with Gasteiger partial charge in [0.15, 0.2) is 0 Å². The molecule has 0 amide bonds. The molecule has 1 atom stereocenters. The lowest BCUT2D eigenvalue weighted by molar-refractivity contribution is 0.125. The van der Waals surface area contributed by atoms with Crippen LogP contribution in [-0.4, -0.2) is 49.5 Å². The Morgan fingerprint density at radius 3 is 2.46 bits per heavy atom. The summed E-state index contributed by atoms with van der Waals surface area (Å²) in [4.78, 5) is 0. The Bertz CT molecular complexity index is 114. The lowest BCUT2D eigenvalue weighted by atomic mass is 10.4. The summed E-state index contributed by atoms with van der Waals surface area (Å²) in [6.45, 7) is 4.04. The van der Waals surface area contributed by atoms with Crippen LogP contribution in [0.3, 0.4) is 0 Å². The van der Waals surface area contributed by atoms with E-state index in [-0.39, 0.29) is 6.04 Å². The van der Waals surface area contributed by atoms with Gasteiger partial charge < -0.3 is 24.3 Å². The summed E-state index contributed by atoms with van der Waals surface area (Å²) in [5.74, 6) is 0. The molecule has 79 valence electrons. The van der Waals surface area contributed by atoms with Gasteiger partial charge in [0.25, 0.3) is 0 Å². The summed E-state index contributed by atoms with van der Waals surface area (Å²) in [5, 5.41) is 3.19. The molecule has 1 unspecified atom stereocenters. The van der Waals surface area contributed by atoms with E-state index in [1.54, 1.807) is 14.2 Å². The maximum atomic E-state index is 5.35. The number of hydrogen-bond acceptors (Lipinski definition) is 5. The maximum Gasteiger partial charge on any atom is 0.577 e. The summed E-state index contributed by atoms with van der Waals surface area (Å²) in [5.41, 5.74) is 5.34. The minimum absolute atomic E-state index is 0.272. The van der Waals surface area contributed by atoms with Gasteiger partial charge >= 0.3 is 9.53 Å². The minimum Gasteiger partial charge on any atom is -0.375 e. The molecule has 0 fully saturated rings. The van der Waals surface area contributed by atoms with Crippen LogP contribution >= 0.6 is 0 Å². The van der Waals surface area contributed by atoms with Gasteiger partial charge in [-0.2, -0.15) is 0 Å². The zero-order valence-electron chi connectivity index (χ0n) is 8.50. The number of rotatable bonds is 8. The Morgan fingerprint density at radius 1 is 1.38 bits per heavy atom. The van der Waals surface area contributed by atoms with Gasteiger partial charge in [0.2, 0.25) is 0 Å². The first-order chi connectivity index (χ1) is 6.24. The SMILES string of the molecule is CO[Si](OC)OCC(C)NCCN. The van der Waals surface area contributed by atoms with Crippen LogP contribution in [0.2, 0.25) is 0 Å². The quantitative estimate of drug-likeness (QED) is 0.511. The highest BCUT2D eigenvalue weighted by Crippen LogP contribution is 1.90. The third-order valence-corrected chi connectivity index (χ3v) is 2.49. The predicted molar refractivity (Wildman–Crippen MR) is 52.2 cm³/mol. The van der Waals surface area contributed by atoms with Crippen molar-refractivity contribution in [2.45, 2.75) is 13.0 Å². The van der Waals surface area contributed by atoms with Crippen molar-refractivity contribution in [2.75, 3.05) is 33.9 Å². The summed E-state index contributed by atoms with van der Waals surface area (Å²) in [6, 6.07) is 0.272. The van der Waals surface area contributed by atoms with Crippen LogP contribution in [0.1, 0.15) is 6.92 Å². The summed E-state index contributed by atoms with van der Waals surface area (Å²) in [6.07, 6.45) is 0. The molecule has 0 bridgehead atoms. The monoisotopic (exact) mass is 207 g/mol. The van der Waals surface area contributed by atoms with Gasteiger partial charge in [0.1, 0.15) is 0 Å². The first kappa shape index (κ1) is 13.0. The van der Waals surface area contributed by atoms with Crippen molar-refractivity contribution >= 4 is 9.53 Å². The van der Waals surface area contributed by atoms with E-state index in [0.717, 1.165) is 6.54 Å². The van der Waals surface area contributed by atoms with Gasteiger partial charge in [-0.3, -0.25) is 0 Å². The molecule has 0 saturated heterocycles. The van der Waals surface area contributed by atoms with E-state index in [2.05, 4.69) is 5.32 Å². The zero-order valence-corrected chi connectivity index (χ0v) is 9.50. The van der Waals surface area contributed by atoms with Gasteiger partial charge in [-0.15, -0.1) is 0 Å². The third kappa shape index (κ3) is 7.12. The van der Waals surface area contributed by atoms with Crippen LogP contribution in [0.4, 0.5) is 0 Å². The summed E-state index contributed by atoms with van der Waals surface area (Å²) in [7, 11) is 1.64. The lowest BCUT2D eigenvalue weighted by Crippen LogP contribution is -2.37. The zero-order chi connectivity index (χ0) is 10.1. The fraction of sp³-hybridized carbons (Fsp3) is 1.00. The van der Waals surface area contributed by atoms with Crippen LogP contribution in [0.5, 0.6) is 0 Å². The molecule has 0 aliphatic rings. The van der Waals surface area contributed by atoms with Gasteiger partial charge in [-0.05, 0) is 6.92 Å². The average Bonchev–Trinajstić information content (AvgIpc) is 2.16. The lowest BCUT2D eigenvalue weighted by Gasteiger charge is -2.15. The Balaban J connectivity index is 3.38. The molecule has 1 radical (unpaired) electrons. The second-order valence-electron chi connectivity index (χ2n) is 2.61. The second kappa shape index (κ2) is 8.61. The van der Waals surface area contributed by atoms with Gasteiger partial charge in [-0.25, -0.2) is 0 Å². The molecule has 0 heterocycles. The van der Waals surface area contributed by atoms with Crippen LogP contribution in [0.25, 0.3) is 0 Å². The van der Waals surface area contributed by atoms with Crippen molar-refractivity contribution in [1.29, 1.82) is 0 Å². The first-order valence-electron chi connectivity index (χ1n) is 4.25. The Labute approximate surface area is 81.5 Å². The molecule has 13 heavy (non-hydrogen) atoms. The largest absolute Gasteiger partial charge is 0.577 e. The highest BCUT2D eigenvalue weighted by atomic mass is 28.3. The standard InChI is InChI=1S/C7H19N2O3Si/c1-7(9-5-4-8)6-12-13(10-2)11-3/h7,9H,4-6,8H2,1-3H3. The maximum absolute atomic E-state index is 5.35. The molecular formula is C7H19N2O3Si. The summed E-state index contributed by atoms with van der Waals surface area (Å²) < 4.78 is 15.3. The van der Waals surface area contributed by atoms with Crippen molar-refractivity contribution in [3.63, 3.8) is 0 Å². The molecule has 0 saturated carbocycles. The first-order valence-corrected chi connectivity index (χ1v) is 5.48. The van der Waals surface area contributed by atoms with Crippen LogP contribution in [0.15, 0.2) is 0 Å². The van der Waals surface area contributed by atoms with E-state index in [0.29, 0.717) is 13.2 Å². The highest BCUT2D eigenvalue weighted by molar-refractivity contribution is 6.36. The van der Waals surface area contributed by atoms with E-state index in [1.165, 1.54) is 0 Å². The average molecular weight is 207 g/mol. The van der Waals surface area contributed by atoms with E-state index in [1.807, 2.05) is 6.92 Å². The molecular weight excluding hydrogens is 188 g/mol. The van der Waals surface area contributed by atoms with Gasteiger partial charge in [0.05, 0.1) is 6.61 Å². The van der Waals surface area contributed by atoms with E-state index in [4.69, 9.17) is 19.0 Å². The predicted octanol–water partition coefficient (Wildman–Crippen LogP) is -0.782. The Morgan fingerprint density at radius 2 is 2.00 bits per heavy atom. The number of hydrogen-bond donors (Lipinski definition) is 2.